The number of anilines is 2. The van der Waals surface area contributed by atoms with E-state index in [-0.39, 0.29) is 17.6 Å². The molecule has 2 N–H and O–H groups in total. The molecule has 1 unspecified atom stereocenters. The molecule has 3 aromatic carbocycles. The smallest absolute Gasteiger partial charge is 0.255 e. The lowest BCUT2D eigenvalue weighted by Crippen LogP contribution is -2.14. The molecule has 0 fully saturated rings. The van der Waals surface area contributed by atoms with Crippen molar-refractivity contribution in [2.45, 2.75) is 37.0 Å². The fourth-order valence-electron chi connectivity index (χ4n) is 4.69. The quantitative estimate of drug-likeness (QED) is 0.245. The molecule has 1 aromatic heterocycles. The normalized spacial score (nSPS) is 14.3. The highest BCUT2D eigenvalue weighted by molar-refractivity contribution is 8.00. The van der Waals surface area contributed by atoms with Crippen LogP contribution in [0.3, 0.4) is 0 Å². The summed E-state index contributed by atoms with van der Waals surface area (Å²) < 4.78 is 0. The molecule has 7 heteroatoms. The average molecular weight is 538 g/mol. The van der Waals surface area contributed by atoms with Gasteiger partial charge in [-0.2, -0.15) is 5.26 Å². The number of fused-ring (bicyclic) bond motifs is 1. The predicted octanol–water partition coefficient (Wildman–Crippen LogP) is 7.18. The standard InChI is InChI=1S/C31H27N3O2S2/c1-20-10-12-22(13-11-20)30(36)33-24-8-5-9-25(17-24)37-19-29(35)34-31-27(18-32)26-15-14-23(16-28(26)38-31)21-6-3-2-4-7-21/h2-13,17,23H,14-16,19H2,1H3,(H,33,36)(H,34,35). The number of benzene rings is 3. The summed E-state index contributed by atoms with van der Waals surface area (Å²) in [5.41, 5.74) is 5.38. The Balaban J connectivity index is 1.20. The van der Waals surface area contributed by atoms with Crippen LogP contribution in [0.5, 0.6) is 0 Å². The molecule has 0 radical (unpaired) electrons. The maximum atomic E-state index is 12.8. The second-order valence-corrected chi connectivity index (χ2v) is 11.5. The number of carbonyl (C=O) groups is 2. The van der Waals surface area contributed by atoms with Gasteiger partial charge in [-0.15, -0.1) is 23.1 Å². The van der Waals surface area contributed by atoms with Gasteiger partial charge in [-0.1, -0.05) is 54.1 Å². The SMILES string of the molecule is Cc1ccc(C(=O)Nc2cccc(SCC(=O)Nc3sc4c(c3C#N)CCC(c3ccccc3)C4)c2)cc1. The van der Waals surface area contributed by atoms with Gasteiger partial charge in [0.15, 0.2) is 0 Å². The Morgan fingerprint density at radius 2 is 1.82 bits per heavy atom. The molecular formula is C31H27N3O2S2. The van der Waals surface area contributed by atoms with E-state index in [1.165, 1.54) is 33.5 Å². The molecular weight excluding hydrogens is 510 g/mol. The van der Waals surface area contributed by atoms with E-state index in [1.807, 2.05) is 49.4 Å². The Kier molecular flexibility index (Phi) is 7.92. The summed E-state index contributed by atoms with van der Waals surface area (Å²) in [6, 6.07) is 27.7. The van der Waals surface area contributed by atoms with Crippen molar-refractivity contribution in [2.24, 2.45) is 0 Å². The average Bonchev–Trinajstić information content (AvgIpc) is 3.29. The molecule has 0 saturated carbocycles. The van der Waals surface area contributed by atoms with Crippen molar-refractivity contribution < 1.29 is 9.59 Å². The fourth-order valence-corrected chi connectivity index (χ4v) is 6.73. The van der Waals surface area contributed by atoms with Crippen molar-refractivity contribution in [1.29, 1.82) is 5.26 Å². The van der Waals surface area contributed by atoms with E-state index in [4.69, 9.17) is 0 Å². The summed E-state index contributed by atoms with van der Waals surface area (Å²) in [7, 11) is 0. The van der Waals surface area contributed by atoms with Crippen LogP contribution >= 0.6 is 23.1 Å². The van der Waals surface area contributed by atoms with Gasteiger partial charge >= 0.3 is 0 Å². The van der Waals surface area contributed by atoms with Crippen LogP contribution in [0.2, 0.25) is 0 Å². The van der Waals surface area contributed by atoms with E-state index in [9.17, 15) is 14.9 Å². The molecule has 190 valence electrons. The number of amides is 2. The van der Waals surface area contributed by atoms with Crippen LogP contribution in [-0.4, -0.2) is 17.6 Å². The number of carbonyl (C=O) groups excluding carboxylic acids is 2. The molecule has 38 heavy (non-hydrogen) atoms. The second-order valence-electron chi connectivity index (χ2n) is 9.35. The summed E-state index contributed by atoms with van der Waals surface area (Å²) in [6.07, 6.45) is 2.74. The van der Waals surface area contributed by atoms with E-state index in [0.29, 0.717) is 27.7 Å². The van der Waals surface area contributed by atoms with Gasteiger partial charge in [-0.3, -0.25) is 9.59 Å². The lowest BCUT2D eigenvalue weighted by atomic mass is 9.83. The van der Waals surface area contributed by atoms with E-state index < -0.39 is 0 Å². The zero-order valence-corrected chi connectivity index (χ0v) is 22.6. The topological polar surface area (TPSA) is 82.0 Å². The number of nitrogens with one attached hydrogen (secondary N) is 2. The van der Waals surface area contributed by atoms with Crippen molar-refractivity contribution in [3.05, 3.63) is 112 Å². The van der Waals surface area contributed by atoms with Gasteiger partial charge in [-0.25, -0.2) is 0 Å². The van der Waals surface area contributed by atoms with Crippen LogP contribution in [0, 0.1) is 18.3 Å². The maximum absolute atomic E-state index is 12.8. The molecule has 1 aliphatic rings. The second kappa shape index (κ2) is 11.7. The molecule has 1 aliphatic carbocycles. The molecule has 0 spiro atoms. The highest BCUT2D eigenvalue weighted by atomic mass is 32.2. The minimum Gasteiger partial charge on any atom is -0.322 e. The molecule has 1 heterocycles. The third kappa shape index (κ3) is 5.99. The highest BCUT2D eigenvalue weighted by Gasteiger charge is 2.27. The monoisotopic (exact) mass is 537 g/mol. The molecule has 4 aromatic rings. The first-order valence-corrected chi connectivity index (χ1v) is 14.3. The number of hydrogen-bond acceptors (Lipinski definition) is 5. The fraction of sp³-hybridized carbons (Fsp3) is 0.194. The van der Waals surface area contributed by atoms with E-state index in [1.54, 1.807) is 12.1 Å². The van der Waals surface area contributed by atoms with E-state index >= 15 is 0 Å². The number of nitriles is 1. The molecule has 0 bridgehead atoms. The number of nitrogens with zero attached hydrogens (tertiary/aromatic N) is 1. The van der Waals surface area contributed by atoms with Crippen LogP contribution in [-0.2, 0) is 17.6 Å². The molecule has 0 saturated heterocycles. The largest absolute Gasteiger partial charge is 0.322 e. The summed E-state index contributed by atoms with van der Waals surface area (Å²) in [5.74, 6) is 0.311. The Bertz CT molecular complexity index is 1500. The third-order valence-electron chi connectivity index (χ3n) is 6.68. The number of hydrogen-bond donors (Lipinski definition) is 2. The first-order valence-electron chi connectivity index (χ1n) is 12.5. The number of rotatable bonds is 7. The first kappa shape index (κ1) is 25.8. The highest BCUT2D eigenvalue weighted by Crippen LogP contribution is 2.42. The number of thiophene rings is 1. The zero-order valence-electron chi connectivity index (χ0n) is 21.0. The van der Waals surface area contributed by atoms with Gasteiger partial charge in [0, 0.05) is 21.0 Å². The van der Waals surface area contributed by atoms with Crippen molar-refractivity contribution in [3.63, 3.8) is 0 Å². The van der Waals surface area contributed by atoms with Crippen molar-refractivity contribution in [2.75, 3.05) is 16.4 Å². The first-order chi connectivity index (χ1) is 18.5. The summed E-state index contributed by atoms with van der Waals surface area (Å²) in [5, 5.41) is 16.4. The van der Waals surface area contributed by atoms with Gasteiger partial charge in [0.1, 0.15) is 11.1 Å². The van der Waals surface area contributed by atoms with Gasteiger partial charge < -0.3 is 10.6 Å². The minimum atomic E-state index is -0.176. The van der Waals surface area contributed by atoms with Gasteiger partial charge in [0.2, 0.25) is 5.91 Å². The summed E-state index contributed by atoms with van der Waals surface area (Å²) in [6.45, 7) is 1.98. The van der Waals surface area contributed by atoms with Crippen molar-refractivity contribution in [1.82, 2.24) is 0 Å². The zero-order chi connectivity index (χ0) is 26.5. The van der Waals surface area contributed by atoms with Crippen molar-refractivity contribution >= 4 is 45.6 Å². The van der Waals surface area contributed by atoms with Gasteiger partial charge in [0.25, 0.3) is 5.91 Å². The molecule has 5 rings (SSSR count). The van der Waals surface area contributed by atoms with Crippen LogP contribution in [0.4, 0.5) is 10.7 Å². The van der Waals surface area contributed by atoms with Crippen LogP contribution in [0.25, 0.3) is 0 Å². The maximum Gasteiger partial charge on any atom is 0.255 e. The Morgan fingerprint density at radius 1 is 1.03 bits per heavy atom. The number of aryl methyl sites for hydroxylation is 1. The van der Waals surface area contributed by atoms with E-state index in [0.717, 1.165) is 35.3 Å². The molecule has 1 atom stereocenters. The van der Waals surface area contributed by atoms with Crippen LogP contribution in [0.15, 0.2) is 83.8 Å². The van der Waals surface area contributed by atoms with Gasteiger partial charge in [0.05, 0.1) is 11.3 Å². The Hall–Kier alpha value is -3.86. The lowest BCUT2D eigenvalue weighted by molar-refractivity contribution is -0.113. The number of thioether (sulfide) groups is 1. The molecule has 0 aliphatic heterocycles. The van der Waals surface area contributed by atoms with E-state index in [2.05, 4.69) is 41.0 Å². The lowest BCUT2D eigenvalue weighted by Gasteiger charge is -2.22. The van der Waals surface area contributed by atoms with Gasteiger partial charge in [-0.05, 0) is 73.6 Å². The predicted molar refractivity (Wildman–Crippen MR) is 155 cm³/mol. The minimum absolute atomic E-state index is 0.154. The molecule has 2 amide bonds. The molecule has 5 nitrogen and oxygen atoms in total. The van der Waals surface area contributed by atoms with Crippen molar-refractivity contribution in [3.8, 4) is 6.07 Å². The Labute approximate surface area is 230 Å². The van der Waals surface area contributed by atoms with Crippen LogP contribution in [0.1, 0.15) is 49.8 Å². The third-order valence-corrected chi connectivity index (χ3v) is 8.84. The summed E-state index contributed by atoms with van der Waals surface area (Å²) in [4.78, 5) is 27.4. The Morgan fingerprint density at radius 3 is 2.58 bits per heavy atom. The summed E-state index contributed by atoms with van der Waals surface area (Å²) >= 11 is 2.92. The van der Waals surface area contributed by atoms with Crippen LogP contribution < -0.4 is 10.6 Å².